The lowest BCUT2D eigenvalue weighted by atomic mass is 9.98. The molecule has 0 radical (unpaired) electrons. The van der Waals surface area contributed by atoms with Gasteiger partial charge in [0.1, 0.15) is 5.54 Å². The van der Waals surface area contributed by atoms with Crippen molar-refractivity contribution in [3.05, 3.63) is 23.8 Å². The zero-order chi connectivity index (χ0) is 17.2. The third-order valence-electron chi connectivity index (χ3n) is 3.97. The number of benzene rings is 1. The van der Waals surface area contributed by atoms with E-state index in [-0.39, 0.29) is 17.1 Å². The first kappa shape index (κ1) is 17.0. The van der Waals surface area contributed by atoms with E-state index >= 15 is 0 Å². The van der Waals surface area contributed by atoms with Crippen LogP contribution in [-0.2, 0) is 4.79 Å². The average molecular weight is 329 g/mol. The van der Waals surface area contributed by atoms with Gasteiger partial charge in [-0.3, -0.25) is 4.79 Å². The van der Waals surface area contributed by atoms with Gasteiger partial charge >= 0.3 is 12.6 Å². The van der Waals surface area contributed by atoms with Crippen LogP contribution in [-0.4, -0.2) is 47.7 Å². The number of hydrogen-bond donors (Lipinski definition) is 1. The van der Waals surface area contributed by atoms with Crippen molar-refractivity contribution in [2.75, 3.05) is 13.7 Å². The maximum Gasteiger partial charge on any atom is 0.387 e. The predicted octanol–water partition coefficient (Wildman–Crippen LogP) is 2.38. The molecule has 8 heteroatoms. The summed E-state index contributed by atoms with van der Waals surface area (Å²) in [6.07, 6.45) is 0.899. The Morgan fingerprint density at radius 1 is 1.35 bits per heavy atom. The molecule has 126 valence electrons. The first-order valence-electron chi connectivity index (χ1n) is 6.98. The van der Waals surface area contributed by atoms with Crippen molar-refractivity contribution in [3.8, 4) is 11.5 Å². The summed E-state index contributed by atoms with van der Waals surface area (Å²) in [7, 11) is 1.29. The van der Waals surface area contributed by atoms with Crippen LogP contribution < -0.4 is 9.47 Å². The number of nitrogens with zero attached hydrogens (tertiary/aromatic N) is 1. The lowest BCUT2D eigenvalue weighted by molar-refractivity contribution is -0.147. The van der Waals surface area contributed by atoms with E-state index in [1.54, 1.807) is 0 Å². The molecule has 1 saturated heterocycles. The highest BCUT2D eigenvalue weighted by Crippen LogP contribution is 2.34. The van der Waals surface area contributed by atoms with Gasteiger partial charge in [-0.15, -0.1) is 0 Å². The van der Waals surface area contributed by atoms with Crippen LogP contribution in [0.3, 0.4) is 0 Å². The Morgan fingerprint density at radius 2 is 2.04 bits per heavy atom. The van der Waals surface area contributed by atoms with E-state index in [1.807, 2.05) is 0 Å². The second-order valence-corrected chi connectivity index (χ2v) is 5.38. The highest BCUT2D eigenvalue weighted by molar-refractivity contribution is 5.98. The van der Waals surface area contributed by atoms with Crippen LogP contribution in [0.4, 0.5) is 8.78 Å². The van der Waals surface area contributed by atoms with Gasteiger partial charge in [0.15, 0.2) is 11.5 Å². The van der Waals surface area contributed by atoms with Crippen molar-refractivity contribution >= 4 is 11.9 Å². The van der Waals surface area contributed by atoms with Gasteiger partial charge in [-0.2, -0.15) is 8.78 Å². The predicted molar refractivity (Wildman–Crippen MR) is 75.9 cm³/mol. The normalized spacial score (nSPS) is 20.7. The summed E-state index contributed by atoms with van der Waals surface area (Å²) in [4.78, 5) is 25.3. The first-order chi connectivity index (χ1) is 10.8. The number of likely N-dealkylation sites (tertiary alicyclic amines) is 1. The fourth-order valence-electron chi connectivity index (χ4n) is 2.66. The van der Waals surface area contributed by atoms with E-state index in [4.69, 9.17) is 4.74 Å². The van der Waals surface area contributed by atoms with Gasteiger partial charge in [0, 0.05) is 12.1 Å². The zero-order valence-corrected chi connectivity index (χ0v) is 12.7. The molecule has 0 bridgehead atoms. The molecule has 0 saturated carbocycles. The molecular weight excluding hydrogens is 312 g/mol. The van der Waals surface area contributed by atoms with E-state index in [9.17, 15) is 23.5 Å². The van der Waals surface area contributed by atoms with Crippen molar-refractivity contribution in [3.63, 3.8) is 0 Å². The van der Waals surface area contributed by atoms with Gasteiger partial charge in [0.2, 0.25) is 0 Å². The van der Waals surface area contributed by atoms with Gasteiger partial charge in [0.25, 0.3) is 5.91 Å². The number of hydrogen-bond acceptors (Lipinski definition) is 4. The SMILES string of the molecule is COc1ccc(C(=O)N2CCCC2(C)C(=O)O)cc1OC(F)F. The quantitative estimate of drug-likeness (QED) is 0.897. The molecule has 0 aromatic heterocycles. The summed E-state index contributed by atoms with van der Waals surface area (Å²) in [6.45, 7) is -1.30. The second-order valence-electron chi connectivity index (χ2n) is 5.38. The molecule has 1 amide bonds. The standard InChI is InChI=1S/C15H17F2NO5/c1-15(13(20)21)6-3-7-18(15)12(19)9-4-5-10(22-2)11(8-9)23-14(16)17/h4-5,8,14H,3,6-7H2,1-2H3,(H,20,21). The summed E-state index contributed by atoms with van der Waals surface area (Å²) >= 11 is 0. The van der Waals surface area contributed by atoms with Crippen molar-refractivity contribution in [2.45, 2.75) is 31.9 Å². The fraction of sp³-hybridized carbons (Fsp3) is 0.467. The monoisotopic (exact) mass is 329 g/mol. The molecule has 0 aliphatic carbocycles. The highest BCUT2D eigenvalue weighted by Gasteiger charge is 2.46. The molecule has 1 aliphatic heterocycles. The number of aliphatic carboxylic acids is 1. The third kappa shape index (κ3) is 3.20. The molecule has 0 spiro atoms. The van der Waals surface area contributed by atoms with Crippen LogP contribution in [0, 0.1) is 0 Å². The van der Waals surface area contributed by atoms with E-state index in [0.717, 1.165) is 6.07 Å². The topological polar surface area (TPSA) is 76.1 Å². The van der Waals surface area contributed by atoms with Crippen molar-refractivity contribution in [1.82, 2.24) is 4.90 Å². The number of carboxylic acids is 1. The number of halogens is 2. The van der Waals surface area contributed by atoms with Gasteiger partial charge in [0.05, 0.1) is 7.11 Å². The lowest BCUT2D eigenvalue weighted by Crippen LogP contribution is -2.50. The number of carbonyl (C=O) groups excluding carboxylic acids is 1. The minimum absolute atomic E-state index is 0.0595. The summed E-state index contributed by atoms with van der Waals surface area (Å²) < 4.78 is 34.1. The maximum atomic E-state index is 12.6. The van der Waals surface area contributed by atoms with E-state index in [2.05, 4.69) is 4.74 Å². The number of carbonyl (C=O) groups is 2. The molecule has 2 rings (SSSR count). The molecule has 1 aromatic rings. The highest BCUT2D eigenvalue weighted by atomic mass is 19.3. The molecule has 1 atom stereocenters. The average Bonchev–Trinajstić information content (AvgIpc) is 2.89. The molecule has 1 unspecified atom stereocenters. The molecule has 6 nitrogen and oxygen atoms in total. The van der Waals surface area contributed by atoms with Crippen molar-refractivity contribution < 1.29 is 33.0 Å². The second kappa shape index (κ2) is 6.39. The van der Waals surface area contributed by atoms with E-state index < -0.39 is 24.0 Å². The van der Waals surface area contributed by atoms with Crippen LogP contribution >= 0.6 is 0 Å². The van der Waals surface area contributed by atoms with Crippen LogP contribution in [0.2, 0.25) is 0 Å². The van der Waals surface area contributed by atoms with Crippen molar-refractivity contribution in [2.24, 2.45) is 0 Å². The molecule has 1 aliphatic rings. The molecule has 1 N–H and O–H groups in total. The maximum absolute atomic E-state index is 12.6. The Hall–Kier alpha value is -2.38. The summed E-state index contributed by atoms with van der Waals surface area (Å²) in [5.41, 5.74) is -1.24. The Kier molecular flexibility index (Phi) is 4.72. The van der Waals surface area contributed by atoms with E-state index in [0.29, 0.717) is 19.4 Å². The summed E-state index contributed by atoms with van der Waals surface area (Å²) in [5.74, 6) is -1.86. The van der Waals surface area contributed by atoms with Crippen LogP contribution in [0.5, 0.6) is 11.5 Å². The number of rotatable bonds is 5. The Morgan fingerprint density at radius 3 is 2.61 bits per heavy atom. The van der Waals surface area contributed by atoms with Crippen molar-refractivity contribution in [1.29, 1.82) is 0 Å². The summed E-state index contributed by atoms with van der Waals surface area (Å²) in [5, 5.41) is 9.36. The van der Waals surface area contributed by atoms with E-state index in [1.165, 1.54) is 31.1 Å². The molecule has 1 heterocycles. The minimum atomic E-state index is -3.06. The van der Waals surface area contributed by atoms with Crippen LogP contribution in [0.15, 0.2) is 18.2 Å². The summed E-state index contributed by atoms with van der Waals surface area (Å²) in [6, 6.07) is 3.85. The Bertz CT molecular complexity index is 622. The Balaban J connectivity index is 2.34. The number of carboxylic acid groups (broad SMARTS) is 1. The number of alkyl halides is 2. The molecular formula is C15H17F2NO5. The van der Waals surface area contributed by atoms with Gasteiger partial charge in [-0.05, 0) is 38.0 Å². The van der Waals surface area contributed by atoms with Crippen LogP contribution in [0.25, 0.3) is 0 Å². The first-order valence-corrected chi connectivity index (χ1v) is 6.98. The molecule has 23 heavy (non-hydrogen) atoms. The minimum Gasteiger partial charge on any atom is -0.493 e. The fourth-order valence-corrected chi connectivity index (χ4v) is 2.66. The van der Waals surface area contributed by atoms with Gasteiger partial charge in [-0.25, -0.2) is 4.79 Å². The largest absolute Gasteiger partial charge is 0.493 e. The zero-order valence-electron chi connectivity index (χ0n) is 12.7. The van der Waals surface area contributed by atoms with Gasteiger partial charge < -0.3 is 19.5 Å². The number of methoxy groups -OCH3 is 1. The lowest BCUT2D eigenvalue weighted by Gasteiger charge is -2.31. The van der Waals surface area contributed by atoms with Gasteiger partial charge in [-0.1, -0.05) is 0 Å². The number of ether oxygens (including phenoxy) is 2. The Labute approximate surface area is 131 Å². The third-order valence-corrected chi connectivity index (χ3v) is 3.97. The van der Waals surface area contributed by atoms with Crippen LogP contribution in [0.1, 0.15) is 30.1 Å². The number of amides is 1. The molecule has 1 fully saturated rings. The molecule has 1 aromatic carbocycles. The smallest absolute Gasteiger partial charge is 0.387 e.